The molecule has 0 aliphatic rings. The van der Waals surface area contributed by atoms with E-state index in [9.17, 15) is 0 Å². The van der Waals surface area contributed by atoms with Crippen LogP contribution in [0, 0.1) is 6.92 Å². The first-order chi connectivity index (χ1) is 8.84. The molecule has 2 heterocycles. The van der Waals surface area contributed by atoms with E-state index in [0.29, 0.717) is 0 Å². The number of hydrogen-bond donors (Lipinski definition) is 0. The van der Waals surface area contributed by atoms with E-state index in [1.54, 1.807) is 17.6 Å². The largest absolute Gasteiger partial charge is 0.468 e. The van der Waals surface area contributed by atoms with Gasteiger partial charge in [-0.05, 0) is 36.1 Å². The van der Waals surface area contributed by atoms with Crippen LogP contribution in [0.4, 0.5) is 0 Å². The second kappa shape index (κ2) is 4.83. The zero-order valence-corrected chi connectivity index (χ0v) is 11.0. The highest BCUT2D eigenvalue weighted by molar-refractivity contribution is 7.10. The fourth-order valence-electron chi connectivity index (χ4n) is 2.14. The van der Waals surface area contributed by atoms with Gasteiger partial charge < -0.3 is 4.42 Å². The Morgan fingerprint density at radius 1 is 1.00 bits per heavy atom. The first-order valence-electron chi connectivity index (χ1n) is 5.98. The molecule has 3 rings (SSSR count). The highest BCUT2D eigenvalue weighted by atomic mass is 32.1. The van der Waals surface area contributed by atoms with Crippen molar-refractivity contribution in [1.29, 1.82) is 0 Å². The Labute approximate surface area is 111 Å². The fourth-order valence-corrected chi connectivity index (χ4v) is 3.00. The van der Waals surface area contributed by atoms with E-state index < -0.39 is 0 Å². The average molecular weight is 254 g/mol. The average Bonchev–Trinajstić information content (AvgIpc) is 3.06. The summed E-state index contributed by atoms with van der Waals surface area (Å²) >= 11 is 1.77. The minimum absolute atomic E-state index is 0.209. The lowest BCUT2D eigenvalue weighted by molar-refractivity contribution is 0.505. The Hall–Kier alpha value is -1.80. The summed E-state index contributed by atoms with van der Waals surface area (Å²) in [5.41, 5.74) is 2.56. The molecule has 2 heteroatoms. The third-order valence-electron chi connectivity index (χ3n) is 3.07. The molecule has 0 radical (unpaired) electrons. The molecule has 1 nitrogen and oxygen atoms in total. The molecule has 1 aromatic carbocycles. The minimum atomic E-state index is 0.209. The second-order valence-corrected chi connectivity index (χ2v) is 5.35. The molecule has 0 aliphatic heterocycles. The Kier molecular flexibility index (Phi) is 3.03. The summed E-state index contributed by atoms with van der Waals surface area (Å²) < 4.78 is 5.61. The van der Waals surface area contributed by atoms with E-state index in [0.717, 1.165) is 5.76 Å². The van der Waals surface area contributed by atoms with Crippen molar-refractivity contribution < 1.29 is 4.42 Å². The van der Waals surface area contributed by atoms with Gasteiger partial charge in [-0.15, -0.1) is 11.3 Å². The number of thiophene rings is 1. The van der Waals surface area contributed by atoms with Gasteiger partial charge in [-0.2, -0.15) is 0 Å². The van der Waals surface area contributed by atoms with Crippen molar-refractivity contribution in [3.63, 3.8) is 0 Å². The number of rotatable bonds is 3. The molecular formula is C16H14OS. The topological polar surface area (TPSA) is 13.1 Å². The maximum atomic E-state index is 5.61. The van der Waals surface area contributed by atoms with Crippen LogP contribution in [0.1, 0.15) is 27.7 Å². The van der Waals surface area contributed by atoms with Crippen LogP contribution in [-0.2, 0) is 0 Å². The van der Waals surface area contributed by atoms with E-state index in [1.165, 1.54) is 16.0 Å². The smallest absolute Gasteiger partial charge is 0.116 e. The maximum Gasteiger partial charge on any atom is 0.116 e. The molecule has 0 aliphatic carbocycles. The Bertz CT molecular complexity index is 557. The van der Waals surface area contributed by atoms with Crippen LogP contribution in [0.2, 0.25) is 0 Å². The molecule has 0 N–H and O–H groups in total. The summed E-state index contributed by atoms with van der Waals surface area (Å²) in [6, 6.07) is 16.9. The van der Waals surface area contributed by atoms with Gasteiger partial charge in [-0.25, -0.2) is 0 Å². The first kappa shape index (κ1) is 11.3. The van der Waals surface area contributed by atoms with Crippen molar-refractivity contribution in [3.05, 3.63) is 81.9 Å². The van der Waals surface area contributed by atoms with Gasteiger partial charge in [0, 0.05) is 4.88 Å². The Balaban J connectivity index is 2.08. The van der Waals surface area contributed by atoms with Gasteiger partial charge in [0.1, 0.15) is 5.76 Å². The zero-order valence-electron chi connectivity index (χ0n) is 10.2. The molecule has 0 saturated heterocycles. The molecule has 1 unspecified atom stereocenters. The minimum Gasteiger partial charge on any atom is -0.468 e. The van der Waals surface area contributed by atoms with Crippen LogP contribution >= 0.6 is 11.3 Å². The lowest BCUT2D eigenvalue weighted by atomic mass is 9.94. The van der Waals surface area contributed by atoms with Gasteiger partial charge in [0.15, 0.2) is 0 Å². The summed E-state index contributed by atoms with van der Waals surface area (Å²) in [5, 5.41) is 2.11. The maximum absolute atomic E-state index is 5.61. The van der Waals surface area contributed by atoms with Gasteiger partial charge in [0.25, 0.3) is 0 Å². The quantitative estimate of drug-likeness (QED) is 0.652. The van der Waals surface area contributed by atoms with Gasteiger partial charge in [0.05, 0.1) is 12.2 Å². The number of aryl methyl sites for hydroxylation is 1. The molecule has 0 spiro atoms. The van der Waals surface area contributed by atoms with E-state index in [2.05, 4.69) is 48.7 Å². The van der Waals surface area contributed by atoms with E-state index in [4.69, 9.17) is 4.42 Å². The van der Waals surface area contributed by atoms with Crippen molar-refractivity contribution in [2.75, 3.05) is 0 Å². The van der Waals surface area contributed by atoms with Crippen molar-refractivity contribution in [3.8, 4) is 0 Å². The lowest BCUT2D eigenvalue weighted by Crippen LogP contribution is -1.99. The van der Waals surface area contributed by atoms with E-state index >= 15 is 0 Å². The van der Waals surface area contributed by atoms with Crippen LogP contribution < -0.4 is 0 Å². The third-order valence-corrected chi connectivity index (χ3v) is 4.00. The van der Waals surface area contributed by atoms with Crippen LogP contribution in [0.3, 0.4) is 0 Å². The summed E-state index contributed by atoms with van der Waals surface area (Å²) in [6.07, 6.45) is 1.74. The van der Waals surface area contributed by atoms with Crippen molar-refractivity contribution >= 4 is 11.3 Å². The van der Waals surface area contributed by atoms with Crippen molar-refractivity contribution in [2.24, 2.45) is 0 Å². The molecule has 0 saturated carbocycles. The zero-order chi connectivity index (χ0) is 12.4. The molecule has 90 valence electrons. The predicted octanol–water partition coefficient (Wildman–Crippen LogP) is 4.83. The van der Waals surface area contributed by atoms with Crippen LogP contribution in [0.5, 0.6) is 0 Å². The third kappa shape index (κ3) is 2.12. The Morgan fingerprint density at radius 3 is 2.44 bits per heavy atom. The van der Waals surface area contributed by atoms with Gasteiger partial charge in [-0.3, -0.25) is 0 Å². The summed E-state index contributed by atoms with van der Waals surface area (Å²) in [7, 11) is 0. The van der Waals surface area contributed by atoms with Gasteiger partial charge >= 0.3 is 0 Å². The first-order valence-corrected chi connectivity index (χ1v) is 6.86. The van der Waals surface area contributed by atoms with Crippen LogP contribution in [0.15, 0.2) is 64.6 Å². The van der Waals surface area contributed by atoms with Gasteiger partial charge in [-0.1, -0.05) is 35.9 Å². The van der Waals surface area contributed by atoms with Crippen molar-refractivity contribution in [1.82, 2.24) is 0 Å². The fraction of sp³-hybridized carbons (Fsp3) is 0.125. The number of furan rings is 1. The standard InChI is InChI=1S/C16H14OS/c1-12-6-8-13(9-7-12)16(14-4-2-10-17-14)15-5-3-11-18-15/h2-11,16H,1H3. The highest BCUT2D eigenvalue weighted by Gasteiger charge is 2.19. The van der Waals surface area contributed by atoms with Crippen LogP contribution in [0.25, 0.3) is 0 Å². The number of hydrogen-bond acceptors (Lipinski definition) is 2. The van der Waals surface area contributed by atoms with Gasteiger partial charge in [0.2, 0.25) is 0 Å². The molecule has 3 aromatic rings. The SMILES string of the molecule is Cc1ccc(C(c2ccco2)c2cccs2)cc1. The Morgan fingerprint density at radius 2 is 1.83 bits per heavy atom. The summed E-state index contributed by atoms with van der Waals surface area (Å²) in [5.74, 6) is 1.21. The molecule has 18 heavy (non-hydrogen) atoms. The molecule has 0 fully saturated rings. The summed E-state index contributed by atoms with van der Waals surface area (Å²) in [6.45, 7) is 2.11. The molecule has 2 aromatic heterocycles. The normalized spacial score (nSPS) is 12.5. The highest BCUT2D eigenvalue weighted by Crippen LogP contribution is 2.34. The molecular weight excluding hydrogens is 240 g/mol. The number of benzene rings is 1. The predicted molar refractivity (Wildman–Crippen MR) is 75.2 cm³/mol. The van der Waals surface area contributed by atoms with E-state index in [-0.39, 0.29) is 5.92 Å². The van der Waals surface area contributed by atoms with Crippen LogP contribution in [-0.4, -0.2) is 0 Å². The summed E-state index contributed by atoms with van der Waals surface area (Å²) in [4.78, 5) is 1.31. The molecule has 0 bridgehead atoms. The monoisotopic (exact) mass is 254 g/mol. The van der Waals surface area contributed by atoms with E-state index in [1.807, 2.05) is 12.1 Å². The second-order valence-electron chi connectivity index (χ2n) is 4.37. The molecule has 0 amide bonds. The lowest BCUT2D eigenvalue weighted by Gasteiger charge is -2.13. The van der Waals surface area contributed by atoms with Crippen molar-refractivity contribution in [2.45, 2.75) is 12.8 Å². The molecule has 1 atom stereocenters.